The highest BCUT2D eigenvalue weighted by molar-refractivity contribution is 7.89. The van der Waals surface area contributed by atoms with E-state index >= 15 is 0 Å². The van der Waals surface area contributed by atoms with Gasteiger partial charge in [-0.25, -0.2) is 26.9 Å². The molecular weight excluding hydrogens is 540 g/mol. The number of nitrogens with one attached hydrogen (secondary N) is 2. The maximum Gasteiger partial charge on any atom is 0.285 e. The second kappa shape index (κ2) is 10.1. The average molecular weight is 562 g/mol. The summed E-state index contributed by atoms with van der Waals surface area (Å²) in [5.41, 5.74) is 0.237. The van der Waals surface area contributed by atoms with Crippen LogP contribution in [-0.2, 0) is 10.0 Å². The van der Waals surface area contributed by atoms with Crippen LogP contribution in [0.4, 0.5) is 14.5 Å². The summed E-state index contributed by atoms with van der Waals surface area (Å²) >= 11 is 5.94. The number of fused-ring (bicyclic) bond motifs is 1. The maximum atomic E-state index is 14.6. The van der Waals surface area contributed by atoms with Crippen molar-refractivity contribution >= 4 is 44.2 Å². The van der Waals surface area contributed by atoms with E-state index in [9.17, 15) is 26.8 Å². The Kier molecular flexibility index (Phi) is 7.26. The molecule has 0 spiro atoms. The quantitative estimate of drug-likeness (QED) is 0.308. The van der Waals surface area contributed by atoms with E-state index in [1.54, 1.807) is 26.0 Å². The van der Waals surface area contributed by atoms with Crippen molar-refractivity contribution in [3.05, 3.63) is 91.9 Å². The number of aromatic nitrogens is 1. The van der Waals surface area contributed by atoms with Crippen LogP contribution in [0.1, 0.15) is 40.1 Å². The zero-order valence-corrected chi connectivity index (χ0v) is 22.2. The molecule has 198 valence electrons. The van der Waals surface area contributed by atoms with E-state index in [1.165, 1.54) is 25.1 Å². The Labute approximate surface area is 221 Å². The number of sulfonamides is 1. The van der Waals surface area contributed by atoms with Crippen LogP contribution in [0.2, 0.25) is 5.15 Å². The lowest BCUT2D eigenvalue weighted by Gasteiger charge is -2.20. The SMILES string of the molecule is Cc1cc([C@@H](C)Nc2ccc(Cl)nc2C(=O)NS(C)(=O)=O)c2oc(-c3c(F)cccc3F)c(C)c(=O)c2c1. The number of halogens is 3. The lowest BCUT2D eigenvalue weighted by molar-refractivity contribution is 0.0977. The zero-order chi connectivity index (χ0) is 27.9. The highest BCUT2D eigenvalue weighted by atomic mass is 35.5. The van der Waals surface area contributed by atoms with Gasteiger partial charge in [0, 0.05) is 11.1 Å². The maximum absolute atomic E-state index is 14.6. The van der Waals surface area contributed by atoms with Gasteiger partial charge in [0.25, 0.3) is 5.91 Å². The molecule has 8 nitrogen and oxygen atoms in total. The summed E-state index contributed by atoms with van der Waals surface area (Å²) in [6, 6.07) is 8.87. The molecule has 12 heteroatoms. The molecule has 0 radical (unpaired) electrons. The Hall–Kier alpha value is -3.83. The number of carbonyl (C=O) groups excluding carboxylic acids is 1. The van der Waals surface area contributed by atoms with Crippen molar-refractivity contribution in [2.45, 2.75) is 26.8 Å². The van der Waals surface area contributed by atoms with Gasteiger partial charge in [-0.3, -0.25) is 9.59 Å². The van der Waals surface area contributed by atoms with Crippen molar-refractivity contribution in [1.82, 2.24) is 9.71 Å². The van der Waals surface area contributed by atoms with Crippen molar-refractivity contribution in [1.29, 1.82) is 0 Å². The van der Waals surface area contributed by atoms with Crippen LogP contribution in [-0.4, -0.2) is 25.6 Å². The van der Waals surface area contributed by atoms with Gasteiger partial charge in [-0.05, 0) is 56.7 Å². The standard InChI is InChI=1S/C26H22ClF2N3O5S/c1-12-10-15(14(3)30-19-8-9-20(27)31-22(19)26(34)32-38(4,35)36)25-16(11-12)23(33)13(2)24(37-25)21-17(28)6-5-7-18(21)29/h5-11,14,30H,1-4H3,(H,32,34)/t14-/m1/s1. The van der Waals surface area contributed by atoms with Crippen LogP contribution in [0.15, 0.2) is 51.7 Å². The zero-order valence-electron chi connectivity index (χ0n) is 20.6. The summed E-state index contributed by atoms with van der Waals surface area (Å²) in [5.74, 6) is -3.01. The minimum Gasteiger partial charge on any atom is -0.455 e. The predicted octanol–water partition coefficient (Wildman–Crippen LogP) is 5.27. The number of hydrogen-bond donors (Lipinski definition) is 2. The highest BCUT2D eigenvalue weighted by Gasteiger charge is 2.24. The van der Waals surface area contributed by atoms with Crippen LogP contribution in [0, 0.1) is 25.5 Å². The van der Waals surface area contributed by atoms with Crippen LogP contribution in [0.5, 0.6) is 0 Å². The number of anilines is 1. The molecule has 0 aliphatic carbocycles. The lowest BCUT2D eigenvalue weighted by atomic mass is 9.98. The molecule has 0 bridgehead atoms. The normalized spacial score (nSPS) is 12.4. The third kappa shape index (κ3) is 5.39. The largest absolute Gasteiger partial charge is 0.455 e. The first-order valence-corrected chi connectivity index (χ1v) is 13.5. The summed E-state index contributed by atoms with van der Waals surface area (Å²) in [7, 11) is -3.88. The van der Waals surface area contributed by atoms with E-state index in [0.29, 0.717) is 11.1 Å². The number of pyridine rings is 1. The first-order chi connectivity index (χ1) is 17.8. The number of benzene rings is 2. The summed E-state index contributed by atoms with van der Waals surface area (Å²) in [6.45, 7) is 4.90. The number of aryl methyl sites for hydroxylation is 1. The van der Waals surface area contributed by atoms with E-state index in [1.807, 2.05) is 4.72 Å². The number of hydrogen-bond acceptors (Lipinski definition) is 7. The topological polar surface area (TPSA) is 118 Å². The smallest absolute Gasteiger partial charge is 0.285 e. The van der Waals surface area contributed by atoms with Crippen LogP contribution in [0.3, 0.4) is 0 Å². The third-order valence-corrected chi connectivity index (χ3v) is 6.54. The Morgan fingerprint density at radius 2 is 1.76 bits per heavy atom. The molecule has 0 unspecified atom stereocenters. The summed E-state index contributed by atoms with van der Waals surface area (Å²) < 4.78 is 60.3. The monoisotopic (exact) mass is 561 g/mol. The predicted molar refractivity (Wildman–Crippen MR) is 141 cm³/mol. The Bertz CT molecular complexity index is 1750. The fraction of sp³-hybridized carbons (Fsp3) is 0.192. The van der Waals surface area contributed by atoms with Gasteiger partial charge in [-0.1, -0.05) is 23.7 Å². The molecule has 4 rings (SSSR count). The van der Waals surface area contributed by atoms with E-state index < -0.39 is 44.6 Å². The summed E-state index contributed by atoms with van der Waals surface area (Å²) in [5, 5.41) is 3.23. The summed E-state index contributed by atoms with van der Waals surface area (Å²) in [4.78, 5) is 29.8. The van der Waals surface area contributed by atoms with Crippen molar-refractivity contribution in [3.8, 4) is 11.3 Å². The van der Waals surface area contributed by atoms with Gasteiger partial charge in [-0.15, -0.1) is 0 Å². The molecule has 2 aromatic carbocycles. The molecule has 2 heterocycles. The lowest BCUT2D eigenvalue weighted by Crippen LogP contribution is -2.31. The minimum atomic E-state index is -3.88. The molecule has 2 aromatic heterocycles. The van der Waals surface area contributed by atoms with E-state index in [4.69, 9.17) is 16.0 Å². The highest BCUT2D eigenvalue weighted by Crippen LogP contribution is 2.34. The van der Waals surface area contributed by atoms with Gasteiger partial charge in [-0.2, -0.15) is 0 Å². The van der Waals surface area contributed by atoms with Crippen molar-refractivity contribution in [2.75, 3.05) is 11.6 Å². The van der Waals surface area contributed by atoms with Crippen LogP contribution >= 0.6 is 11.6 Å². The van der Waals surface area contributed by atoms with E-state index in [2.05, 4.69) is 10.3 Å². The van der Waals surface area contributed by atoms with Gasteiger partial charge in [0.2, 0.25) is 10.0 Å². The van der Waals surface area contributed by atoms with Gasteiger partial charge >= 0.3 is 0 Å². The molecule has 4 aromatic rings. The second-order valence-corrected chi connectivity index (χ2v) is 10.9. The number of carbonyl (C=O) groups is 1. The van der Waals surface area contributed by atoms with Gasteiger partial charge in [0.05, 0.1) is 28.9 Å². The average Bonchev–Trinajstić information content (AvgIpc) is 2.82. The third-order valence-electron chi connectivity index (χ3n) is 5.77. The second-order valence-electron chi connectivity index (χ2n) is 8.81. The summed E-state index contributed by atoms with van der Waals surface area (Å²) in [6.07, 6.45) is 0.823. The van der Waals surface area contributed by atoms with Crippen molar-refractivity contribution in [2.24, 2.45) is 0 Å². The minimum absolute atomic E-state index is 0.0408. The number of nitrogens with zero attached hydrogens (tertiary/aromatic N) is 1. The van der Waals surface area contributed by atoms with Crippen molar-refractivity contribution in [3.63, 3.8) is 0 Å². The molecule has 38 heavy (non-hydrogen) atoms. The first-order valence-electron chi connectivity index (χ1n) is 11.2. The van der Waals surface area contributed by atoms with E-state index in [0.717, 1.165) is 18.4 Å². The van der Waals surface area contributed by atoms with Crippen LogP contribution in [0.25, 0.3) is 22.3 Å². The van der Waals surface area contributed by atoms with E-state index in [-0.39, 0.29) is 38.8 Å². The number of amides is 1. The Balaban J connectivity index is 1.88. The van der Waals surface area contributed by atoms with Crippen LogP contribution < -0.4 is 15.5 Å². The molecule has 0 saturated carbocycles. The molecule has 0 aliphatic heterocycles. The van der Waals surface area contributed by atoms with Gasteiger partial charge < -0.3 is 9.73 Å². The molecule has 2 N–H and O–H groups in total. The number of rotatable bonds is 6. The Morgan fingerprint density at radius 1 is 1.11 bits per heavy atom. The molecule has 0 saturated heterocycles. The van der Waals surface area contributed by atoms with Gasteiger partial charge in [0.1, 0.15) is 28.1 Å². The molecule has 0 fully saturated rings. The molecular formula is C26H22ClF2N3O5S. The molecule has 1 amide bonds. The Morgan fingerprint density at radius 3 is 2.39 bits per heavy atom. The molecule has 0 aliphatic rings. The van der Waals surface area contributed by atoms with Crippen molar-refractivity contribution < 1.29 is 26.4 Å². The first kappa shape index (κ1) is 27.2. The van der Waals surface area contributed by atoms with Gasteiger partial charge in [0.15, 0.2) is 11.1 Å². The fourth-order valence-corrected chi connectivity index (χ4v) is 4.68. The molecule has 1 atom stereocenters. The fourth-order valence-electron chi connectivity index (χ4n) is 4.10.